The molecule has 4 heteroatoms. The van der Waals surface area contributed by atoms with Gasteiger partial charge in [-0.1, -0.05) is 12.8 Å². The number of pyridine rings is 1. The molecule has 1 heterocycles. The van der Waals surface area contributed by atoms with Crippen LogP contribution in [0.3, 0.4) is 0 Å². The van der Waals surface area contributed by atoms with E-state index in [2.05, 4.69) is 48.2 Å². The van der Waals surface area contributed by atoms with Crippen molar-refractivity contribution in [1.82, 2.24) is 10.3 Å². The van der Waals surface area contributed by atoms with Gasteiger partial charge >= 0.3 is 0 Å². The smallest absolute Gasteiger partial charge is 0.0715 e. The predicted molar refractivity (Wildman–Crippen MR) is 68.8 cm³/mol. The first-order chi connectivity index (χ1) is 7.20. The Labute approximate surface area is 107 Å². The number of nitrogens with one attached hydrogen (secondary N) is 1. The van der Waals surface area contributed by atoms with Gasteiger partial charge in [-0.15, -0.1) is 0 Å². The predicted octanol–water partition coefficient (Wildman–Crippen LogP) is 3.67. The lowest BCUT2D eigenvalue weighted by Crippen LogP contribution is -2.18. The third-order valence-electron chi connectivity index (χ3n) is 2.78. The second kappa shape index (κ2) is 4.93. The van der Waals surface area contributed by atoms with Crippen molar-refractivity contribution in [2.24, 2.45) is 5.92 Å². The lowest BCUT2D eigenvalue weighted by Gasteiger charge is -2.16. The van der Waals surface area contributed by atoms with E-state index in [-0.39, 0.29) is 0 Å². The van der Waals surface area contributed by atoms with Crippen LogP contribution in [0.2, 0.25) is 0 Å². The van der Waals surface area contributed by atoms with Crippen molar-refractivity contribution in [3.8, 4) is 0 Å². The molecule has 1 atom stereocenters. The normalized spacial score (nSPS) is 17.8. The van der Waals surface area contributed by atoms with E-state index >= 15 is 0 Å². The quantitative estimate of drug-likeness (QED) is 0.909. The van der Waals surface area contributed by atoms with E-state index in [4.69, 9.17) is 0 Å². The monoisotopic (exact) mass is 332 g/mol. The van der Waals surface area contributed by atoms with Gasteiger partial charge in [-0.2, -0.15) is 0 Å². The molecule has 15 heavy (non-hydrogen) atoms. The Morgan fingerprint density at radius 1 is 1.53 bits per heavy atom. The molecular formula is C11H14Br2N2. The summed E-state index contributed by atoms with van der Waals surface area (Å²) in [5.41, 5.74) is 1.12. The summed E-state index contributed by atoms with van der Waals surface area (Å²) in [6.45, 7) is 0. The number of hydrogen-bond acceptors (Lipinski definition) is 2. The van der Waals surface area contributed by atoms with Crippen LogP contribution in [0, 0.1) is 5.92 Å². The van der Waals surface area contributed by atoms with E-state index in [1.807, 2.05) is 13.2 Å². The van der Waals surface area contributed by atoms with Crippen molar-refractivity contribution >= 4 is 31.9 Å². The zero-order valence-electron chi connectivity index (χ0n) is 8.63. The molecule has 1 unspecified atom stereocenters. The van der Waals surface area contributed by atoms with Crippen LogP contribution in [0.15, 0.2) is 21.2 Å². The van der Waals surface area contributed by atoms with Crippen LogP contribution >= 0.6 is 31.9 Å². The van der Waals surface area contributed by atoms with Gasteiger partial charge in [0, 0.05) is 15.1 Å². The van der Waals surface area contributed by atoms with Crippen LogP contribution < -0.4 is 5.32 Å². The number of aromatic nitrogens is 1. The topological polar surface area (TPSA) is 24.9 Å². The second-order valence-electron chi connectivity index (χ2n) is 4.04. The number of rotatable bonds is 4. The molecule has 2 nitrogen and oxygen atoms in total. The number of hydrogen-bond donors (Lipinski definition) is 1. The fraction of sp³-hybridized carbons (Fsp3) is 0.545. The number of halogens is 2. The highest BCUT2D eigenvalue weighted by Crippen LogP contribution is 2.38. The third-order valence-corrected chi connectivity index (χ3v) is 3.85. The van der Waals surface area contributed by atoms with Gasteiger partial charge in [-0.25, -0.2) is 0 Å². The van der Waals surface area contributed by atoms with Crippen molar-refractivity contribution < 1.29 is 0 Å². The summed E-state index contributed by atoms with van der Waals surface area (Å²) in [4.78, 5) is 4.47. The van der Waals surface area contributed by atoms with E-state index in [0.717, 1.165) is 20.6 Å². The van der Waals surface area contributed by atoms with Gasteiger partial charge in [0.15, 0.2) is 0 Å². The Balaban J connectivity index is 2.16. The minimum absolute atomic E-state index is 0.375. The molecule has 0 aromatic carbocycles. The Kier molecular flexibility index (Phi) is 3.80. The fourth-order valence-corrected chi connectivity index (χ4v) is 3.00. The Morgan fingerprint density at radius 2 is 2.27 bits per heavy atom. The van der Waals surface area contributed by atoms with Gasteiger partial charge in [-0.05, 0) is 57.3 Å². The van der Waals surface area contributed by atoms with Crippen molar-refractivity contribution in [2.75, 3.05) is 7.05 Å². The minimum atomic E-state index is 0.375. The molecular weight excluding hydrogens is 320 g/mol. The van der Waals surface area contributed by atoms with Crippen LogP contribution in [0.4, 0.5) is 0 Å². The summed E-state index contributed by atoms with van der Waals surface area (Å²) >= 11 is 6.98. The van der Waals surface area contributed by atoms with Gasteiger partial charge in [-0.3, -0.25) is 4.98 Å². The summed E-state index contributed by atoms with van der Waals surface area (Å²) < 4.78 is 2.09. The minimum Gasteiger partial charge on any atom is -0.312 e. The summed E-state index contributed by atoms with van der Waals surface area (Å²) in [7, 11) is 2.00. The van der Waals surface area contributed by atoms with Gasteiger partial charge in [0.2, 0.25) is 0 Å². The van der Waals surface area contributed by atoms with Crippen LogP contribution in [-0.4, -0.2) is 12.0 Å². The second-order valence-corrected chi connectivity index (χ2v) is 5.81. The lowest BCUT2D eigenvalue weighted by atomic mass is 10.1. The van der Waals surface area contributed by atoms with E-state index in [1.165, 1.54) is 19.3 Å². The summed E-state index contributed by atoms with van der Waals surface area (Å²) in [5.74, 6) is 0.903. The maximum Gasteiger partial charge on any atom is 0.0715 e. The molecule has 0 amide bonds. The highest BCUT2D eigenvalue weighted by molar-refractivity contribution is 9.11. The van der Waals surface area contributed by atoms with Gasteiger partial charge in [0.05, 0.1) is 11.7 Å². The molecule has 1 saturated carbocycles. The summed E-state index contributed by atoms with van der Waals surface area (Å²) in [5, 5.41) is 3.34. The zero-order valence-corrected chi connectivity index (χ0v) is 11.8. The van der Waals surface area contributed by atoms with Crippen molar-refractivity contribution in [3.63, 3.8) is 0 Å². The molecule has 0 aliphatic heterocycles. The molecule has 0 bridgehead atoms. The first kappa shape index (κ1) is 11.6. The van der Waals surface area contributed by atoms with E-state index in [0.29, 0.717) is 6.04 Å². The van der Waals surface area contributed by atoms with Crippen LogP contribution in [0.5, 0.6) is 0 Å². The maximum absolute atomic E-state index is 4.47. The van der Waals surface area contributed by atoms with Gasteiger partial charge in [0.1, 0.15) is 0 Å². The SMILES string of the molecule is CNC(CC1CC1)c1ncc(Br)cc1Br. The van der Waals surface area contributed by atoms with Gasteiger partial charge < -0.3 is 5.32 Å². The third kappa shape index (κ3) is 3.02. The molecule has 1 N–H and O–H groups in total. The molecule has 1 fully saturated rings. The van der Waals surface area contributed by atoms with Gasteiger partial charge in [0.25, 0.3) is 0 Å². The largest absolute Gasteiger partial charge is 0.312 e. The fourth-order valence-electron chi connectivity index (χ4n) is 1.73. The zero-order chi connectivity index (χ0) is 10.8. The van der Waals surface area contributed by atoms with E-state index in [9.17, 15) is 0 Å². The summed E-state index contributed by atoms with van der Waals surface area (Å²) in [6.07, 6.45) is 5.82. The van der Waals surface area contributed by atoms with Crippen molar-refractivity contribution in [2.45, 2.75) is 25.3 Å². The highest BCUT2D eigenvalue weighted by Gasteiger charge is 2.27. The molecule has 0 radical (unpaired) electrons. The molecule has 1 aliphatic rings. The Morgan fingerprint density at radius 3 is 2.80 bits per heavy atom. The van der Waals surface area contributed by atoms with Crippen LogP contribution in [0.25, 0.3) is 0 Å². The molecule has 2 rings (SSSR count). The molecule has 0 saturated heterocycles. The maximum atomic E-state index is 4.47. The molecule has 82 valence electrons. The van der Waals surface area contributed by atoms with Crippen LogP contribution in [-0.2, 0) is 0 Å². The molecule has 1 aromatic rings. The summed E-state index contributed by atoms with van der Waals surface area (Å²) in [6, 6.07) is 2.43. The van der Waals surface area contributed by atoms with Crippen molar-refractivity contribution in [3.05, 3.63) is 26.9 Å². The lowest BCUT2D eigenvalue weighted by molar-refractivity contribution is 0.501. The van der Waals surface area contributed by atoms with Crippen LogP contribution in [0.1, 0.15) is 31.0 Å². The standard InChI is InChI=1S/C11H14Br2N2/c1-14-10(4-7-2-3-7)11-9(13)5-8(12)6-15-11/h5-7,10,14H,2-4H2,1H3. The average molecular weight is 334 g/mol. The first-order valence-electron chi connectivity index (χ1n) is 5.19. The molecule has 0 spiro atoms. The molecule has 1 aliphatic carbocycles. The van der Waals surface area contributed by atoms with Crippen molar-refractivity contribution in [1.29, 1.82) is 0 Å². The first-order valence-corrected chi connectivity index (χ1v) is 6.77. The Bertz CT molecular complexity index is 350. The average Bonchev–Trinajstić information content (AvgIpc) is 2.99. The molecule has 1 aromatic heterocycles. The number of nitrogens with zero attached hydrogens (tertiary/aromatic N) is 1. The highest BCUT2D eigenvalue weighted by atomic mass is 79.9. The van der Waals surface area contributed by atoms with E-state index in [1.54, 1.807) is 0 Å². The Hall–Kier alpha value is 0.0700. The van der Waals surface area contributed by atoms with E-state index < -0.39 is 0 Å².